The van der Waals surface area contributed by atoms with Crippen LogP contribution in [0.2, 0.25) is 0 Å². The van der Waals surface area contributed by atoms with E-state index in [9.17, 15) is 22.0 Å². The average Bonchev–Trinajstić information content (AvgIpc) is 3.50. The second-order valence-corrected chi connectivity index (χ2v) is 12.3. The van der Waals surface area contributed by atoms with Gasteiger partial charge in [0.1, 0.15) is 41.0 Å². The summed E-state index contributed by atoms with van der Waals surface area (Å²) >= 11 is 0. The van der Waals surface area contributed by atoms with Gasteiger partial charge in [0.15, 0.2) is 5.82 Å². The van der Waals surface area contributed by atoms with Gasteiger partial charge >= 0.3 is 12.2 Å². The lowest BCUT2D eigenvalue weighted by molar-refractivity contribution is -0.137. The van der Waals surface area contributed by atoms with Gasteiger partial charge in [-0.3, -0.25) is 4.90 Å². The third kappa shape index (κ3) is 5.98. The zero-order valence-electron chi connectivity index (χ0n) is 25.3. The van der Waals surface area contributed by atoms with Crippen molar-refractivity contribution in [3.8, 4) is 23.1 Å². The van der Waals surface area contributed by atoms with Crippen LogP contribution in [0.5, 0.6) is 11.9 Å². The Bertz CT molecular complexity index is 1590. The molecule has 8 nitrogen and oxygen atoms in total. The molecule has 0 bridgehead atoms. The van der Waals surface area contributed by atoms with Crippen LogP contribution in [0.25, 0.3) is 22.2 Å². The summed E-state index contributed by atoms with van der Waals surface area (Å²) in [5, 5.41) is 6.70. The van der Waals surface area contributed by atoms with E-state index in [1.807, 2.05) is 6.92 Å². The van der Waals surface area contributed by atoms with Gasteiger partial charge in [0, 0.05) is 31.1 Å². The molecule has 0 spiro atoms. The number of halogens is 6. The number of nitrogens with zero attached hydrogens (tertiary/aromatic N) is 4. The maximum Gasteiger partial charge on any atom is 0.417 e. The highest BCUT2D eigenvalue weighted by Crippen LogP contribution is 2.44. The van der Waals surface area contributed by atoms with Crippen molar-refractivity contribution in [2.75, 3.05) is 38.1 Å². The Labute approximate surface area is 256 Å². The maximum atomic E-state index is 16.6. The Morgan fingerprint density at radius 2 is 1.98 bits per heavy atom. The Morgan fingerprint density at radius 1 is 1.18 bits per heavy atom. The van der Waals surface area contributed by atoms with Crippen LogP contribution >= 0.6 is 0 Å². The third-order valence-corrected chi connectivity index (χ3v) is 9.21. The molecule has 2 unspecified atom stereocenters. The van der Waals surface area contributed by atoms with Crippen molar-refractivity contribution in [1.29, 1.82) is 0 Å². The smallest absolute Gasteiger partial charge is 0.417 e. The van der Waals surface area contributed by atoms with Gasteiger partial charge in [0.05, 0.1) is 17.2 Å². The van der Waals surface area contributed by atoms with E-state index in [1.165, 1.54) is 0 Å². The summed E-state index contributed by atoms with van der Waals surface area (Å²) in [5.74, 6) is -2.27. The van der Waals surface area contributed by atoms with Crippen LogP contribution in [0.4, 0.5) is 32.2 Å². The normalized spacial score (nSPS) is 25.8. The minimum Gasteiger partial charge on any atom is -0.474 e. The number of pyridine rings is 1. The van der Waals surface area contributed by atoms with Gasteiger partial charge in [-0.2, -0.15) is 23.1 Å². The van der Waals surface area contributed by atoms with Crippen LogP contribution in [0.3, 0.4) is 0 Å². The monoisotopic (exact) mass is 638 g/mol. The second kappa shape index (κ2) is 12.1. The van der Waals surface area contributed by atoms with Crippen LogP contribution in [0.1, 0.15) is 57.1 Å². The second-order valence-electron chi connectivity index (χ2n) is 12.3. The molecule has 45 heavy (non-hydrogen) atoms. The van der Waals surface area contributed by atoms with Crippen LogP contribution in [-0.4, -0.2) is 76.5 Å². The van der Waals surface area contributed by atoms with E-state index in [0.29, 0.717) is 26.1 Å². The first-order chi connectivity index (χ1) is 21.4. The summed E-state index contributed by atoms with van der Waals surface area (Å²) in [6.07, 6.45) is -3.28. The fourth-order valence-electron chi connectivity index (χ4n) is 6.79. The van der Waals surface area contributed by atoms with Gasteiger partial charge in [0.2, 0.25) is 5.88 Å². The van der Waals surface area contributed by atoms with E-state index in [1.54, 1.807) is 6.92 Å². The molecule has 2 fully saturated rings. The number of alkyl halides is 4. The predicted octanol–water partition coefficient (Wildman–Crippen LogP) is 6.20. The highest BCUT2D eigenvalue weighted by atomic mass is 19.4. The summed E-state index contributed by atoms with van der Waals surface area (Å²) in [6.45, 7) is 6.85. The molecule has 3 aliphatic heterocycles. The van der Waals surface area contributed by atoms with Crippen LogP contribution in [0.15, 0.2) is 12.1 Å². The molecule has 2 saturated heterocycles. The van der Waals surface area contributed by atoms with Crippen molar-refractivity contribution in [3.63, 3.8) is 0 Å². The standard InChI is InChI=1S/C31H36F6N6O2/c1-4-19-13-39-27-22-26(41-29(42-27)44-15-30-9-5-11-43(30)14-18(32)12-30)24(34)25(40-28(22)45-16(2)8-10-38-19)20-6-7-21(33)17(3)23(20)31(35,36)37/h6-7,16,18-19,38H,4-5,8-15H2,1-3H3,(H,39,41,42)/t16-,18+,19?,30?/m0/s1. The molecule has 0 radical (unpaired) electrons. The average molecular weight is 639 g/mol. The minimum absolute atomic E-state index is 0.0210. The molecule has 244 valence electrons. The first-order valence-electron chi connectivity index (χ1n) is 15.3. The molecule has 0 aliphatic carbocycles. The molecule has 5 heterocycles. The Hall–Kier alpha value is -3.39. The SMILES string of the molecule is CCC1CNc2nc(OCC34CCCN3C[C@H](F)C4)nc3c(F)c(-c4ccc(F)c(C)c4C(F)(F)F)nc(c23)O[C@@H](C)CCN1. The minimum atomic E-state index is -5.01. The van der Waals surface area contributed by atoms with Crippen LogP contribution in [0, 0.1) is 18.6 Å². The van der Waals surface area contributed by atoms with E-state index in [2.05, 4.69) is 30.5 Å². The number of benzene rings is 1. The summed E-state index contributed by atoms with van der Waals surface area (Å²) < 4.78 is 100. The number of nitrogens with one attached hydrogen (secondary N) is 2. The van der Waals surface area contributed by atoms with Gasteiger partial charge in [-0.15, -0.1) is 0 Å². The fraction of sp³-hybridized carbons (Fsp3) is 0.581. The maximum absolute atomic E-state index is 16.6. The molecule has 1 aromatic carbocycles. The summed E-state index contributed by atoms with van der Waals surface area (Å²) in [5.41, 5.74) is -4.26. The lowest BCUT2D eigenvalue weighted by Gasteiger charge is -2.30. The lowest BCUT2D eigenvalue weighted by atomic mass is 9.95. The van der Waals surface area contributed by atoms with E-state index < -0.39 is 58.0 Å². The van der Waals surface area contributed by atoms with Crippen molar-refractivity contribution in [3.05, 3.63) is 34.9 Å². The summed E-state index contributed by atoms with van der Waals surface area (Å²) in [6, 6.07) is 1.51. The van der Waals surface area contributed by atoms with Crippen LogP contribution in [-0.2, 0) is 6.18 Å². The molecule has 3 aliphatic rings. The predicted molar refractivity (Wildman–Crippen MR) is 156 cm³/mol. The molecule has 2 N–H and O–H groups in total. The van der Waals surface area contributed by atoms with Crippen molar-refractivity contribution >= 4 is 16.7 Å². The largest absolute Gasteiger partial charge is 0.474 e. The Morgan fingerprint density at radius 3 is 2.73 bits per heavy atom. The van der Waals surface area contributed by atoms with Gasteiger partial charge < -0.3 is 20.1 Å². The van der Waals surface area contributed by atoms with Crippen molar-refractivity contribution < 1.29 is 35.8 Å². The molecule has 0 amide bonds. The third-order valence-electron chi connectivity index (χ3n) is 9.21. The van der Waals surface area contributed by atoms with Crippen molar-refractivity contribution in [2.24, 2.45) is 0 Å². The van der Waals surface area contributed by atoms with Gasteiger partial charge in [-0.25, -0.2) is 18.2 Å². The molecule has 4 atom stereocenters. The summed E-state index contributed by atoms with van der Waals surface area (Å²) in [7, 11) is 0. The van der Waals surface area contributed by atoms with E-state index in [-0.39, 0.29) is 47.7 Å². The zero-order chi connectivity index (χ0) is 32.1. The molecule has 2 aromatic heterocycles. The van der Waals surface area contributed by atoms with Gasteiger partial charge in [-0.05, 0) is 70.3 Å². The number of hydrogen-bond donors (Lipinski definition) is 2. The molecule has 3 aromatic rings. The zero-order valence-corrected chi connectivity index (χ0v) is 25.3. The Balaban J connectivity index is 1.53. The molecular weight excluding hydrogens is 602 g/mol. The first-order valence-corrected chi connectivity index (χ1v) is 15.3. The molecular formula is C31H36F6N6O2. The topological polar surface area (TPSA) is 84.4 Å². The number of hydrogen-bond acceptors (Lipinski definition) is 8. The number of fused-ring (bicyclic) bond motifs is 1. The van der Waals surface area contributed by atoms with Crippen LogP contribution < -0.4 is 20.1 Å². The van der Waals surface area contributed by atoms with Crippen molar-refractivity contribution in [2.45, 2.75) is 82.9 Å². The van der Waals surface area contributed by atoms with E-state index >= 15 is 4.39 Å². The fourth-order valence-corrected chi connectivity index (χ4v) is 6.79. The van der Waals surface area contributed by atoms with E-state index in [0.717, 1.165) is 44.9 Å². The van der Waals surface area contributed by atoms with E-state index in [4.69, 9.17) is 9.47 Å². The molecule has 6 rings (SSSR count). The quantitative estimate of drug-likeness (QED) is 0.320. The lowest BCUT2D eigenvalue weighted by Crippen LogP contribution is -2.43. The highest BCUT2D eigenvalue weighted by molar-refractivity contribution is 5.96. The number of ether oxygens (including phenoxy) is 2. The highest BCUT2D eigenvalue weighted by Gasteiger charge is 2.49. The number of anilines is 1. The Kier molecular flexibility index (Phi) is 8.48. The number of aromatic nitrogens is 3. The molecule has 0 saturated carbocycles. The summed E-state index contributed by atoms with van der Waals surface area (Å²) in [4.78, 5) is 15.2. The van der Waals surface area contributed by atoms with Gasteiger partial charge in [-0.1, -0.05) is 6.92 Å². The number of rotatable bonds is 5. The molecule has 14 heteroatoms. The first kappa shape index (κ1) is 31.6. The van der Waals surface area contributed by atoms with Crippen molar-refractivity contribution in [1.82, 2.24) is 25.2 Å². The van der Waals surface area contributed by atoms with Gasteiger partial charge in [0.25, 0.3) is 0 Å².